The molecular weight excluding hydrogens is 418 g/mol. The van der Waals surface area contributed by atoms with Crippen molar-refractivity contribution in [2.45, 2.75) is 40.7 Å². The van der Waals surface area contributed by atoms with Gasteiger partial charge in [0.15, 0.2) is 5.13 Å². The first-order chi connectivity index (χ1) is 14.3. The van der Waals surface area contributed by atoms with Gasteiger partial charge in [0, 0.05) is 41.7 Å². The Labute approximate surface area is 185 Å². The van der Waals surface area contributed by atoms with Crippen LogP contribution in [0.2, 0.25) is 5.02 Å². The standard InChI is InChI=1S/C22H24ClN5OS/c1-12(2)21(29)27-22-26-17-5-6-28(11-18(17)30-22)19-8-15(16(23)10-24-19)20-14(4)7-13(3)9-25-20/h7-10,12H,5-6,11H2,1-4H3,(H,26,27,29). The Morgan fingerprint density at radius 3 is 2.77 bits per heavy atom. The first kappa shape index (κ1) is 20.8. The van der Waals surface area contributed by atoms with E-state index in [-0.39, 0.29) is 11.8 Å². The summed E-state index contributed by atoms with van der Waals surface area (Å²) in [6.45, 7) is 9.34. The number of rotatable bonds is 4. The lowest BCUT2D eigenvalue weighted by atomic mass is 10.1. The van der Waals surface area contributed by atoms with Crippen LogP contribution < -0.4 is 10.2 Å². The van der Waals surface area contributed by atoms with Crippen molar-refractivity contribution in [2.75, 3.05) is 16.8 Å². The zero-order valence-electron chi connectivity index (χ0n) is 17.5. The molecule has 0 unspecified atom stereocenters. The van der Waals surface area contributed by atoms with E-state index in [1.54, 1.807) is 6.20 Å². The maximum absolute atomic E-state index is 12.0. The molecule has 0 aliphatic carbocycles. The predicted molar refractivity (Wildman–Crippen MR) is 122 cm³/mol. The third-order valence-corrected chi connectivity index (χ3v) is 6.42. The minimum atomic E-state index is -0.0713. The Bertz CT molecular complexity index is 1110. The highest BCUT2D eigenvalue weighted by Gasteiger charge is 2.23. The Kier molecular flexibility index (Phi) is 5.75. The van der Waals surface area contributed by atoms with Crippen LogP contribution in [0.3, 0.4) is 0 Å². The summed E-state index contributed by atoms with van der Waals surface area (Å²) in [5.74, 6) is 0.781. The molecule has 0 bridgehead atoms. The summed E-state index contributed by atoms with van der Waals surface area (Å²) in [6, 6.07) is 4.12. The SMILES string of the molecule is Cc1cnc(-c2cc(N3CCc4nc(NC(=O)C(C)C)sc4C3)ncc2Cl)c(C)c1. The van der Waals surface area contributed by atoms with Crippen molar-refractivity contribution >= 4 is 39.8 Å². The molecule has 8 heteroatoms. The molecule has 156 valence electrons. The van der Waals surface area contributed by atoms with Gasteiger partial charge in [0.1, 0.15) is 5.82 Å². The highest BCUT2D eigenvalue weighted by Crippen LogP contribution is 2.34. The number of aromatic nitrogens is 3. The summed E-state index contributed by atoms with van der Waals surface area (Å²) in [4.78, 5) is 29.1. The fourth-order valence-corrected chi connectivity index (χ4v) is 4.69. The average molecular weight is 442 g/mol. The molecule has 1 amide bonds. The van der Waals surface area contributed by atoms with Gasteiger partial charge in [0.25, 0.3) is 0 Å². The number of nitrogens with zero attached hydrogens (tertiary/aromatic N) is 4. The zero-order valence-corrected chi connectivity index (χ0v) is 19.1. The van der Waals surface area contributed by atoms with E-state index in [0.717, 1.165) is 51.7 Å². The first-order valence-electron chi connectivity index (χ1n) is 9.95. The van der Waals surface area contributed by atoms with Crippen LogP contribution in [0.4, 0.5) is 10.9 Å². The molecule has 30 heavy (non-hydrogen) atoms. The molecule has 6 nitrogen and oxygen atoms in total. The summed E-state index contributed by atoms with van der Waals surface area (Å²) >= 11 is 8.01. The van der Waals surface area contributed by atoms with Crippen LogP contribution in [0.1, 0.15) is 35.5 Å². The third kappa shape index (κ3) is 4.18. The van der Waals surface area contributed by atoms with E-state index < -0.39 is 0 Å². The van der Waals surface area contributed by atoms with Crippen molar-refractivity contribution in [1.29, 1.82) is 0 Å². The smallest absolute Gasteiger partial charge is 0.228 e. The topological polar surface area (TPSA) is 71.0 Å². The van der Waals surface area contributed by atoms with Crippen LogP contribution in [0.5, 0.6) is 0 Å². The molecule has 1 N–H and O–H groups in total. The largest absolute Gasteiger partial charge is 0.351 e. The number of thiazole rings is 1. The van der Waals surface area contributed by atoms with Crippen LogP contribution >= 0.6 is 22.9 Å². The van der Waals surface area contributed by atoms with Crippen LogP contribution in [-0.4, -0.2) is 27.4 Å². The number of nitrogens with one attached hydrogen (secondary N) is 1. The van der Waals surface area contributed by atoms with Gasteiger partial charge in [-0.05, 0) is 31.0 Å². The van der Waals surface area contributed by atoms with E-state index in [1.165, 1.54) is 11.3 Å². The molecule has 0 spiro atoms. The number of halogens is 1. The Morgan fingerprint density at radius 2 is 2.03 bits per heavy atom. The van der Waals surface area contributed by atoms with Gasteiger partial charge >= 0.3 is 0 Å². The molecule has 4 rings (SSSR count). The summed E-state index contributed by atoms with van der Waals surface area (Å²) in [7, 11) is 0. The summed E-state index contributed by atoms with van der Waals surface area (Å²) in [5, 5.41) is 4.17. The summed E-state index contributed by atoms with van der Waals surface area (Å²) < 4.78 is 0. The molecule has 0 radical (unpaired) electrons. The third-order valence-electron chi connectivity index (χ3n) is 5.12. The molecule has 0 atom stereocenters. The van der Waals surface area contributed by atoms with Crippen molar-refractivity contribution in [3.63, 3.8) is 0 Å². The maximum Gasteiger partial charge on any atom is 0.228 e. The first-order valence-corrected chi connectivity index (χ1v) is 11.1. The maximum atomic E-state index is 12.0. The molecule has 0 saturated heterocycles. The predicted octanol–water partition coefficient (Wildman–Crippen LogP) is 5.03. The van der Waals surface area contributed by atoms with Gasteiger partial charge in [-0.3, -0.25) is 9.78 Å². The molecule has 4 heterocycles. The number of fused-ring (bicyclic) bond motifs is 1. The monoisotopic (exact) mass is 441 g/mol. The summed E-state index contributed by atoms with van der Waals surface area (Å²) in [6.07, 6.45) is 4.37. The van der Waals surface area contributed by atoms with Gasteiger partial charge in [0.05, 0.1) is 23.0 Å². The number of hydrogen-bond donors (Lipinski definition) is 1. The van der Waals surface area contributed by atoms with Gasteiger partial charge in [0.2, 0.25) is 5.91 Å². The van der Waals surface area contributed by atoms with Gasteiger partial charge in [-0.1, -0.05) is 42.9 Å². The Hall–Kier alpha value is -2.51. The van der Waals surface area contributed by atoms with Crippen molar-refractivity contribution in [3.05, 3.63) is 51.2 Å². The van der Waals surface area contributed by atoms with Crippen LogP contribution in [0.25, 0.3) is 11.3 Å². The number of carbonyl (C=O) groups excluding carboxylic acids is 1. The molecule has 0 saturated carbocycles. The van der Waals surface area contributed by atoms with Gasteiger partial charge in [-0.2, -0.15) is 0 Å². The fraction of sp³-hybridized carbons (Fsp3) is 0.364. The van der Waals surface area contributed by atoms with Crippen molar-refractivity contribution in [2.24, 2.45) is 5.92 Å². The van der Waals surface area contributed by atoms with Crippen molar-refractivity contribution < 1.29 is 4.79 Å². The lowest BCUT2D eigenvalue weighted by Gasteiger charge is -2.27. The normalized spacial score (nSPS) is 13.5. The van der Waals surface area contributed by atoms with Gasteiger partial charge in [-0.15, -0.1) is 0 Å². The van der Waals surface area contributed by atoms with E-state index in [9.17, 15) is 4.79 Å². The van der Waals surface area contributed by atoms with E-state index in [2.05, 4.69) is 31.2 Å². The van der Waals surface area contributed by atoms with Crippen LogP contribution in [0, 0.1) is 19.8 Å². The molecule has 3 aromatic rings. The number of hydrogen-bond acceptors (Lipinski definition) is 6. The van der Waals surface area contributed by atoms with Crippen molar-refractivity contribution in [1.82, 2.24) is 15.0 Å². The number of aryl methyl sites for hydroxylation is 2. The quantitative estimate of drug-likeness (QED) is 0.615. The number of amides is 1. The van der Waals surface area contributed by atoms with E-state index in [4.69, 9.17) is 11.6 Å². The summed E-state index contributed by atoms with van der Waals surface area (Å²) in [5.41, 5.74) is 5.03. The highest BCUT2D eigenvalue weighted by molar-refractivity contribution is 7.15. The van der Waals surface area contributed by atoms with Crippen molar-refractivity contribution in [3.8, 4) is 11.3 Å². The number of pyridine rings is 2. The van der Waals surface area contributed by atoms with E-state index >= 15 is 0 Å². The molecule has 0 fully saturated rings. The van der Waals surface area contributed by atoms with Crippen LogP contribution in [-0.2, 0) is 17.8 Å². The fourth-order valence-electron chi connectivity index (χ4n) is 3.47. The number of anilines is 2. The molecule has 3 aromatic heterocycles. The second-order valence-electron chi connectivity index (χ2n) is 7.90. The molecule has 1 aliphatic rings. The minimum Gasteiger partial charge on any atom is -0.351 e. The molecule has 0 aromatic carbocycles. The molecular formula is C22H24ClN5OS. The number of carbonyl (C=O) groups is 1. The highest BCUT2D eigenvalue weighted by atomic mass is 35.5. The molecule has 1 aliphatic heterocycles. The van der Waals surface area contributed by atoms with E-state index in [1.807, 2.05) is 40.0 Å². The second-order valence-corrected chi connectivity index (χ2v) is 9.40. The lowest BCUT2D eigenvalue weighted by Crippen LogP contribution is -2.30. The van der Waals surface area contributed by atoms with Crippen LogP contribution in [0.15, 0.2) is 24.5 Å². The average Bonchev–Trinajstić information content (AvgIpc) is 3.10. The second kappa shape index (κ2) is 8.32. The Balaban J connectivity index is 1.59. The zero-order chi connectivity index (χ0) is 21.4. The van der Waals surface area contributed by atoms with Gasteiger partial charge in [-0.25, -0.2) is 9.97 Å². The lowest BCUT2D eigenvalue weighted by molar-refractivity contribution is -0.118. The van der Waals surface area contributed by atoms with Gasteiger partial charge < -0.3 is 10.2 Å². The minimum absolute atomic E-state index is 0.0112. The Morgan fingerprint density at radius 1 is 1.23 bits per heavy atom. The van der Waals surface area contributed by atoms with E-state index in [0.29, 0.717) is 16.7 Å².